The average molecular weight is 468 g/mol. The van der Waals surface area contributed by atoms with Crippen LogP contribution in [0.25, 0.3) is 43.9 Å². The maximum atomic E-state index is 12.1. The molecule has 0 saturated heterocycles. The van der Waals surface area contributed by atoms with E-state index in [9.17, 15) is 9.90 Å². The number of aromatic nitrogens is 1. The fourth-order valence-electron chi connectivity index (χ4n) is 5.26. The lowest BCUT2D eigenvalue weighted by Gasteiger charge is -2.12. The van der Waals surface area contributed by atoms with E-state index >= 15 is 0 Å². The van der Waals surface area contributed by atoms with Crippen molar-refractivity contribution in [3.05, 3.63) is 132 Å². The van der Waals surface area contributed by atoms with Gasteiger partial charge >= 0.3 is 5.97 Å². The number of benzene rings is 5. The Morgan fingerprint density at radius 1 is 0.750 bits per heavy atom. The largest absolute Gasteiger partial charge is 0.478 e. The molecule has 0 spiro atoms. The highest BCUT2D eigenvalue weighted by atomic mass is 16.4. The molecule has 0 saturated carbocycles. The summed E-state index contributed by atoms with van der Waals surface area (Å²) in [5.41, 5.74) is 7.70. The normalized spacial score (nSPS) is 11.2. The molecule has 0 aliphatic carbocycles. The third kappa shape index (κ3) is 3.75. The van der Waals surface area contributed by atoms with Gasteiger partial charge in [-0.1, -0.05) is 103 Å². The predicted octanol–water partition coefficient (Wildman–Crippen LogP) is 8.18. The van der Waals surface area contributed by atoms with Crippen LogP contribution in [0.4, 0.5) is 0 Å². The van der Waals surface area contributed by atoms with Crippen LogP contribution < -0.4 is 0 Å². The molecule has 6 rings (SSSR count). The van der Waals surface area contributed by atoms with Gasteiger partial charge in [0.05, 0.1) is 5.56 Å². The first-order chi connectivity index (χ1) is 17.6. The zero-order valence-electron chi connectivity index (χ0n) is 20.0. The Kier molecular flexibility index (Phi) is 5.38. The van der Waals surface area contributed by atoms with Gasteiger partial charge in [0.1, 0.15) is 0 Å². The third-order valence-corrected chi connectivity index (χ3v) is 6.90. The molecule has 36 heavy (non-hydrogen) atoms. The van der Waals surface area contributed by atoms with E-state index in [0.717, 1.165) is 33.2 Å². The number of fused-ring (bicyclic) bond motifs is 2. The second kappa shape index (κ2) is 8.86. The molecular formula is C33H25NO2. The van der Waals surface area contributed by atoms with Crippen molar-refractivity contribution >= 4 is 27.6 Å². The van der Waals surface area contributed by atoms with Gasteiger partial charge in [0.25, 0.3) is 0 Å². The van der Waals surface area contributed by atoms with Gasteiger partial charge in [-0.15, -0.1) is 0 Å². The first-order valence-electron chi connectivity index (χ1n) is 12.1. The van der Waals surface area contributed by atoms with Crippen molar-refractivity contribution in [1.29, 1.82) is 0 Å². The summed E-state index contributed by atoms with van der Waals surface area (Å²) in [5, 5.41) is 13.4. The first kappa shape index (κ1) is 21.9. The minimum Gasteiger partial charge on any atom is -0.478 e. The van der Waals surface area contributed by atoms with E-state index in [1.54, 1.807) is 12.1 Å². The highest BCUT2D eigenvalue weighted by Gasteiger charge is 2.19. The molecule has 0 fully saturated rings. The molecule has 1 aromatic heterocycles. The first-order valence-corrected chi connectivity index (χ1v) is 12.1. The van der Waals surface area contributed by atoms with E-state index in [1.165, 1.54) is 21.9 Å². The summed E-state index contributed by atoms with van der Waals surface area (Å²) >= 11 is 0. The molecule has 0 aliphatic heterocycles. The van der Waals surface area contributed by atoms with Crippen molar-refractivity contribution in [1.82, 2.24) is 4.57 Å². The van der Waals surface area contributed by atoms with Crippen LogP contribution >= 0.6 is 0 Å². The molecule has 3 nitrogen and oxygen atoms in total. The monoisotopic (exact) mass is 467 g/mol. The lowest BCUT2D eigenvalue weighted by molar-refractivity contribution is 0.0697. The van der Waals surface area contributed by atoms with E-state index in [0.29, 0.717) is 12.1 Å². The quantitative estimate of drug-likeness (QED) is 0.278. The predicted molar refractivity (Wildman–Crippen MR) is 148 cm³/mol. The molecule has 0 amide bonds. The van der Waals surface area contributed by atoms with Gasteiger partial charge in [0, 0.05) is 29.2 Å². The number of carboxylic acids is 1. The number of carbonyl (C=O) groups is 1. The fraction of sp³-hybridized carbons (Fsp3) is 0.0606. The summed E-state index contributed by atoms with van der Waals surface area (Å²) in [7, 11) is 0. The summed E-state index contributed by atoms with van der Waals surface area (Å²) in [4.78, 5) is 12.1. The fourth-order valence-corrected chi connectivity index (χ4v) is 5.26. The maximum absolute atomic E-state index is 12.1. The van der Waals surface area contributed by atoms with Crippen LogP contribution in [-0.2, 0) is 6.54 Å². The minimum atomic E-state index is -0.921. The van der Waals surface area contributed by atoms with Crippen LogP contribution in [0, 0.1) is 6.92 Å². The SMILES string of the molecule is Cc1cccc(-c2cn(Cc3cccc4ccccc34)c3cccc(-c4ccccc4C(=O)O)c23)c1. The zero-order valence-corrected chi connectivity index (χ0v) is 20.0. The number of rotatable bonds is 5. The van der Waals surface area contributed by atoms with Crippen LogP contribution in [0.5, 0.6) is 0 Å². The molecule has 1 heterocycles. The number of nitrogens with zero attached hydrogens (tertiary/aromatic N) is 1. The lowest BCUT2D eigenvalue weighted by atomic mass is 9.93. The zero-order chi connectivity index (χ0) is 24.6. The Labute approximate surface area is 209 Å². The van der Waals surface area contributed by atoms with Crippen LogP contribution in [0.2, 0.25) is 0 Å². The van der Waals surface area contributed by atoms with E-state index < -0.39 is 5.97 Å². The Morgan fingerprint density at radius 2 is 1.47 bits per heavy atom. The topological polar surface area (TPSA) is 42.2 Å². The van der Waals surface area contributed by atoms with Crippen LogP contribution in [0.15, 0.2) is 115 Å². The molecule has 0 bridgehead atoms. The number of aromatic carboxylic acids is 1. The van der Waals surface area contributed by atoms with Gasteiger partial charge in [-0.2, -0.15) is 0 Å². The van der Waals surface area contributed by atoms with Gasteiger partial charge in [-0.25, -0.2) is 4.79 Å². The molecule has 3 heteroatoms. The highest BCUT2D eigenvalue weighted by molar-refractivity contribution is 6.09. The number of carboxylic acid groups (broad SMARTS) is 1. The molecule has 174 valence electrons. The van der Waals surface area contributed by atoms with E-state index in [2.05, 4.69) is 90.5 Å². The molecule has 0 unspecified atom stereocenters. The minimum absolute atomic E-state index is 0.307. The van der Waals surface area contributed by atoms with Gasteiger partial charge in [-0.05, 0) is 52.1 Å². The molecule has 0 radical (unpaired) electrons. The van der Waals surface area contributed by atoms with E-state index in [4.69, 9.17) is 0 Å². The Bertz CT molecular complexity index is 1750. The molecule has 0 atom stereocenters. The van der Waals surface area contributed by atoms with Crippen molar-refractivity contribution in [3.8, 4) is 22.3 Å². The standard InChI is InChI=1S/C33H25NO2/c1-22-9-6-12-24(19-22)30-21-34(20-25-13-7-11-23-10-2-3-14-26(23)25)31-18-8-17-28(32(30)31)27-15-4-5-16-29(27)33(35)36/h2-19,21H,20H2,1H3,(H,35,36). The van der Waals surface area contributed by atoms with Crippen molar-refractivity contribution in [2.75, 3.05) is 0 Å². The van der Waals surface area contributed by atoms with Crippen molar-refractivity contribution in [2.24, 2.45) is 0 Å². The number of hydrogen-bond acceptors (Lipinski definition) is 1. The Balaban J connectivity index is 1.63. The summed E-state index contributed by atoms with van der Waals surface area (Å²) in [6.07, 6.45) is 2.22. The average Bonchev–Trinajstić information content (AvgIpc) is 3.27. The van der Waals surface area contributed by atoms with Gasteiger partial charge in [0.2, 0.25) is 0 Å². The van der Waals surface area contributed by atoms with Crippen LogP contribution in [0.3, 0.4) is 0 Å². The maximum Gasteiger partial charge on any atom is 0.336 e. The van der Waals surface area contributed by atoms with Gasteiger partial charge < -0.3 is 9.67 Å². The second-order valence-corrected chi connectivity index (χ2v) is 9.23. The number of aryl methyl sites for hydroxylation is 1. The summed E-state index contributed by atoms with van der Waals surface area (Å²) < 4.78 is 2.29. The molecular weight excluding hydrogens is 442 g/mol. The van der Waals surface area contributed by atoms with E-state index in [-0.39, 0.29) is 0 Å². The lowest BCUT2D eigenvalue weighted by Crippen LogP contribution is -2.00. The molecule has 1 N–H and O–H groups in total. The molecule has 0 aliphatic rings. The third-order valence-electron chi connectivity index (χ3n) is 6.90. The highest BCUT2D eigenvalue weighted by Crippen LogP contribution is 2.40. The smallest absolute Gasteiger partial charge is 0.336 e. The van der Waals surface area contributed by atoms with Crippen molar-refractivity contribution < 1.29 is 9.90 Å². The molecule has 6 aromatic rings. The number of hydrogen-bond donors (Lipinski definition) is 1. The summed E-state index contributed by atoms with van der Waals surface area (Å²) in [6, 6.07) is 36.8. The van der Waals surface area contributed by atoms with Gasteiger partial charge in [-0.3, -0.25) is 0 Å². The van der Waals surface area contributed by atoms with Crippen LogP contribution in [0.1, 0.15) is 21.5 Å². The molecule has 5 aromatic carbocycles. The Hall–Kier alpha value is -4.63. The Morgan fingerprint density at radius 3 is 2.33 bits per heavy atom. The summed E-state index contributed by atoms with van der Waals surface area (Å²) in [6.45, 7) is 2.81. The van der Waals surface area contributed by atoms with Crippen LogP contribution in [-0.4, -0.2) is 15.6 Å². The second-order valence-electron chi connectivity index (χ2n) is 9.23. The van der Waals surface area contributed by atoms with E-state index in [1.807, 2.05) is 24.3 Å². The van der Waals surface area contributed by atoms with Gasteiger partial charge in [0.15, 0.2) is 0 Å². The van der Waals surface area contributed by atoms with Crippen molar-refractivity contribution in [2.45, 2.75) is 13.5 Å². The van der Waals surface area contributed by atoms with Crippen molar-refractivity contribution in [3.63, 3.8) is 0 Å². The summed E-state index contributed by atoms with van der Waals surface area (Å²) in [5.74, 6) is -0.921.